The average molecular weight is 182 g/mol. The first-order valence-electron chi connectivity index (χ1n) is 5.04. The number of nitrogens with one attached hydrogen (secondary N) is 1. The van der Waals surface area contributed by atoms with Crippen LogP contribution in [0, 0.1) is 11.3 Å². The number of hydrogen-bond acceptors (Lipinski definition) is 3. The van der Waals surface area contributed by atoms with Gasteiger partial charge in [0.05, 0.1) is 12.2 Å². The predicted octanol–water partition coefficient (Wildman–Crippen LogP) is 1.45. The highest BCUT2D eigenvalue weighted by Gasteiger charge is 2.38. The van der Waals surface area contributed by atoms with Gasteiger partial charge in [0, 0.05) is 13.0 Å². The molecule has 0 aliphatic heterocycles. The molecule has 0 amide bonds. The number of rotatable bonds is 4. The van der Waals surface area contributed by atoms with Crippen LogP contribution in [0.2, 0.25) is 0 Å². The fraction of sp³-hybridized carbons (Fsp3) is 0.900. The molecular formula is C10H18N2O. The van der Waals surface area contributed by atoms with E-state index in [4.69, 9.17) is 10.00 Å². The number of ether oxygens (including phenoxy) is 1. The largest absolute Gasteiger partial charge is 0.378 e. The summed E-state index contributed by atoms with van der Waals surface area (Å²) in [6.07, 6.45) is 3.05. The SMILES string of the molecule is CCNC1(C#N)CCC(OCC)C1. The van der Waals surface area contributed by atoms with Crippen molar-refractivity contribution in [1.29, 1.82) is 5.26 Å². The summed E-state index contributed by atoms with van der Waals surface area (Å²) in [5, 5.41) is 12.3. The Hall–Kier alpha value is -0.590. The van der Waals surface area contributed by atoms with Crippen molar-refractivity contribution < 1.29 is 4.74 Å². The van der Waals surface area contributed by atoms with Crippen molar-refractivity contribution in [3.05, 3.63) is 0 Å². The van der Waals surface area contributed by atoms with Gasteiger partial charge in [0.1, 0.15) is 5.54 Å². The van der Waals surface area contributed by atoms with Crippen molar-refractivity contribution in [3.8, 4) is 6.07 Å². The Morgan fingerprint density at radius 2 is 2.38 bits per heavy atom. The summed E-state index contributed by atoms with van der Waals surface area (Å²) in [6.45, 7) is 5.64. The van der Waals surface area contributed by atoms with Gasteiger partial charge in [-0.05, 0) is 26.3 Å². The van der Waals surface area contributed by atoms with Gasteiger partial charge in [0.15, 0.2) is 0 Å². The third-order valence-corrected chi connectivity index (χ3v) is 2.60. The summed E-state index contributed by atoms with van der Waals surface area (Å²) in [4.78, 5) is 0. The molecule has 2 unspecified atom stereocenters. The summed E-state index contributed by atoms with van der Waals surface area (Å²) < 4.78 is 5.52. The van der Waals surface area contributed by atoms with Crippen LogP contribution in [0.25, 0.3) is 0 Å². The molecule has 0 aromatic heterocycles. The van der Waals surface area contributed by atoms with Gasteiger partial charge in [0.2, 0.25) is 0 Å². The van der Waals surface area contributed by atoms with E-state index in [0.29, 0.717) is 0 Å². The van der Waals surface area contributed by atoms with E-state index in [-0.39, 0.29) is 11.6 Å². The highest BCUT2D eigenvalue weighted by atomic mass is 16.5. The summed E-state index contributed by atoms with van der Waals surface area (Å²) >= 11 is 0. The van der Waals surface area contributed by atoms with Crippen LogP contribution in [-0.4, -0.2) is 24.8 Å². The second kappa shape index (κ2) is 4.59. The molecule has 0 aromatic carbocycles. The first kappa shape index (κ1) is 10.5. The zero-order chi connectivity index (χ0) is 9.73. The maximum absolute atomic E-state index is 9.07. The summed E-state index contributed by atoms with van der Waals surface area (Å²) in [7, 11) is 0. The molecule has 1 rings (SSSR count). The van der Waals surface area contributed by atoms with E-state index >= 15 is 0 Å². The molecule has 1 aliphatic rings. The van der Waals surface area contributed by atoms with Gasteiger partial charge in [0.25, 0.3) is 0 Å². The van der Waals surface area contributed by atoms with Crippen molar-refractivity contribution in [2.24, 2.45) is 0 Å². The lowest BCUT2D eigenvalue weighted by molar-refractivity contribution is 0.0645. The number of nitriles is 1. The maximum atomic E-state index is 9.07. The van der Waals surface area contributed by atoms with Gasteiger partial charge >= 0.3 is 0 Å². The van der Waals surface area contributed by atoms with Crippen LogP contribution in [0.3, 0.4) is 0 Å². The van der Waals surface area contributed by atoms with Crippen molar-refractivity contribution >= 4 is 0 Å². The van der Waals surface area contributed by atoms with E-state index in [1.165, 1.54) is 0 Å². The Morgan fingerprint density at radius 1 is 1.62 bits per heavy atom. The second-order valence-corrected chi connectivity index (χ2v) is 3.54. The average Bonchev–Trinajstić information content (AvgIpc) is 2.51. The number of hydrogen-bond donors (Lipinski definition) is 1. The lowest BCUT2D eigenvalue weighted by atomic mass is 10.00. The Kier molecular flexibility index (Phi) is 3.71. The summed E-state index contributed by atoms with van der Waals surface area (Å²) in [6, 6.07) is 2.38. The fourth-order valence-electron chi connectivity index (χ4n) is 2.02. The molecule has 1 fully saturated rings. The molecule has 0 saturated heterocycles. The minimum absolute atomic E-state index is 0.281. The monoisotopic (exact) mass is 182 g/mol. The van der Waals surface area contributed by atoms with E-state index in [1.54, 1.807) is 0 Å². The topological polar surface area (TPSA) is 45.0 Å². The van der Waals surface area contributed by atoms with Crippen LogP contribution < -0.4 is 5.32 Å². The van der Waals surface area contributed by atoms with Gasteiger partial charge in [-0.25, -0.2) is 0 Å². The fourth-order valence-corrected chi connectivity index (χ4v) is 2.02. The van der Waals surface area contributed by atoms with Crippen molar-refractivity contribution in [2.45, 2.75) is 44.8 Å². The van der Waals surface area contributed by atoms with Crippen LogP contribution in [-0.2, 0) is 4.74 Å². The van der Waals surface area contributed by atoms with Gasteiger partial charge in [-0.3, -0.25) is 5.32 Å². The van der Waals surface area contributed by atoms with E-state index in [0.717, 1.165) is 32.4 Å². The van der Waals surface area contributed by atoms with E-state index in [1.807, 2.05) is 13.8 Å². The minimum Gasteiger partial charge on any atom is -0.378 e. The van der Waals surface area contributed by atoms with Crippen LogP contribution in [0.5, 0.6) is 0 Å². The second-order valence-electron chi connectivity index (χ2n) is 3.54. The van der Waals surface area contributed by atoms with E-state index in [9.17, 15) is 0 Å². The molecule has 0 spiro atoms. The van der Waals surface area contributed by atoms with Gasteiger partial charge in [-0.1, -0.05) is 6.92 Å². The summed E-state index contributed by atoms with van der Waals surface area (Å²) in [5.41, 5.74) is -0.311. The van der Waals surface area contributed by atoms with E-state index in [2.05, 4.69) is 11.4 Å². The molecule has 74 valence electrons. The standard InChI is InChI=1S/C10H18N2O/c1-3-12-10(8-11)6-5-9(7-10)13-4-2/h9,12H,3-7H2,1-2H3. The van der Waals surface area contributed by atoms with Crippen LogP contribution in [0.1, 0.15) is 33.1 Å². The van der Waals surface area contributed by atoms with Gasteiger partial charge in [-0.2, -0.15) is 5.26 Å². The highest BCUT2D eigenvalue weighted by Crippen LogP contribution is 2.31. The summed E-state index contributed by atoms with van der Waals surface area (Å²) in [5.74, 6) is 0. The maximum Gasteiger partial charge on any atom is 0.109 e. The van der Waals surface area contributed by atoms with Crippen LogP contribution >= 0.6 is 0 Å². The lowest BCUT2D eigenvalue weighted by Gasteiger charge is -2.21. The quantitative estimate of drug-likeness (QED) is 0.715. The Morgan fingerprint density at radius 3 is 2.92 bits per heavy atom. The van der Waals surface area contributed by atoms with Crippen molar-refractivity contribution in [3.63, 3.8) is 0 Å². The molecule has 0 heterocycles. The minimum atomic E-state index is -0.311. The Balaban J connectivity index is 2.48. The zero-order valence-electron chi connectivity index (χ0n) is 8.47. The van der Waals surface area contributed by atoms with Crippen molar-refractivity contribution in [1.82, 2.24) is 5.32 Å². The van der Waals surface area contributed by atoms with Gasteiger partial charge < -0.3 is 4.74 Å². The molecule has 3 heteroatoms. The molecule has 3 nitrogen and oxygen atoms in total. The first-order valence-corrected chi connectivity index (χ1v) is 5.04. The molecule has 0 aromatic rings. The molecule has 0 bridgehead atoms. The first-order chi connectivity index (χ1) is 6.26. The molecule has 13 heavy (non-hydrogen) atoms. The highest BCUT2D eigenvalue weighted by molar-refractivity contribution is 5.12. The third-order valence-electron chi connectivity index (χ3n) is 2.60. The third kappa shape index (κ3) is 2.43. The Labute approximate surface area is 80.1 Å². The molecule has 1 aliphatic carbocycles. The van der Waals surface area contributed by atoms with E-state index < -0.39 is 0 Å². The van der Waals surface area contributed by atoms with Crippen LogP contribution in [0.4, 0.5) is 0 Å². The molecule has 2 atom stereocenters. The molecule has 1 saturated carbocycles. The van der Waals surface area contributed by atoms with Gasteiger partial charge in [-0.15, -0.1) is 0 Å². The van der Waals surface area contributed by atoms with Crippen molar-refractivity contribution in [2.75, 3.05) is 13.2 Å². The van der Waals surface area contributed by atoms with Crippen LogP contribution in [0.15, 0.2) is 0 Å². The Bertz CT molecular complexity index is 200. The molecular weight excluding hydrogens is 164 g/mol. The normalized spacial score (nSPS) is 33.2. The molecule has 0 radical (unpaired) electrons. The lowest BCUT2D eigenvalue weighted by Crippen LogP contribution is -2.41. The smallest absolute Gasteiger partial charge is 0.109 e. The predicted molar refractivity (Wildman–Crippen MR) is 51.3 cm³/mol. The zero-order valence-corrected chi connectivity index (χ0v) is 8.47. The number of nitrogens with zero attached hydrogens (tertiary/aromatic N) is 1. The molecule has 1 N–H and O–H groups in total.